The van der Waals surface area contributed by atoms with Crippen molar-refractivity contribution in [3.63, 3.8) is 0 Å². The predicted octanol–water partition coefficient (Wildman–Crippen LogP) is 2.58. The molecule has 0 saturated carbocycles. The lowest BCUT2D eigenvalue weighted by molar-refractivity contribution is 0.584. The minimum atomic E-state index is -0.231. The average molecular weight is 260 g/mol. The molecule has 2 rings (SSSR count). The first-order chi connectivity index (χ1) is 9.00. The number of pyridine rings is 1. The molecule has 1 unspecified atom stereocenters. The second kappa shape index (κ2) is 5.14. The van der Waals surface area contributed by atoms with Crippen molar-refractivity contribution < 1.29 is 4.39 Å². The topological polar surface area (TPSA) is 68.2 Å². The minimum Gasteiger partial charge on any atom is -0.396 e. The van der Waals surface area contributed by atoms with E-state index in [0.29, 0.717) is 17.1 Å². The van der Waals surface area contributed by atoms with E-state index in [1.165, 1.54) is 6.07 Å². The second-order valence-corrected chi connectivity index (χ2v) is 4.45. The molecule has 1 atom stereocenters. The van der Waals surface area contributed by atoms with Gasteiger partial charge in [-0.3, -0.25) is 0 Å². The highest BCUT2D eigenvalue weighted by Gasteiger charge is 2.17. The molecule has 100 valence electrons. The molecule has 0 spiro atoms. The van der Waals surface area contributed by atoms with Gasteiger partial charge in [0.15, 0.2) is 0 Å². The Morgan fingerprint density at radius 3 is 2.47 bits per heavy atom. The molecule has 4 nitrogen and oxygen atoms in total. The van der Waals surface area contributed by atoms with Crippen LogP contribution in [0, 0.1) is 5.82 Å². The maximum atomic E-state index is 13.8. The van der Waals surface area contributed by atoms with E-state index in [1.54, 1.807) is 24.3 Å². The van der Waals surface area contributed by atoms with E-state index in [4.69, 9.17) is 11.5 Å². The summed E-state index contributed by atoms with van der Waals surface area (Å²) in [6, 6.07) is 10.0. The Morgan fingerprint density at radius 2 is 1.84 bits per heavy atom. The van der Waals surface area contributed by atoms with Gasteiger partial charge in [-0.25, -0.2) is 9.37 Å². The molecule has 0 aliphatic carbocycles. The van der Waals surface area contributed by atoms with E-state index in [1.807, 2.05) is 24.9 Å². The molecule has 0 bridgehead atoms. The number of anilines is 3. The molecule has 0 aliphatic heterocycles. The smallest absolute Gasteiger partial charge is 0.149 e. The van der Waals surface area contributed by atoms with E-state index in [-0.39, 0.29) is 17.7 Å². The van der Waals surface area contributed by atoms with Gasteiger partial charge in [-0.1, -0.05) is 18.2 Å². The van der Waals surface area contributed by atoms with Crippen LogP contribution < -0.4 is 16.4 Å². The average Bonchev–Trinajstić information content (AvgIpc) is 2.41. The standard InChI is InChI=1S/C14H17FN4/c1-9(10-5-3-4-6-11(10)15)19(2)13-8-7-12(16)14(17)18-13/h3-9H,16H2,1-2H3,(H2,17,18). The van der Waals surface area contributed by atoms with Crippen molar-refractivity contribution in [1.29, 1.82) is 0 Å². The third kappa shape index (κ3) is 2.59. The summed E-state index contributed by atoms with van der Waals surface area (Å²) >= 11 is 0. The van der Waals surface area contributed by atoms with Gasteiger partial charge in [-0.15, -0.1) is 0 Å². The number of hydrogen-bond acceptors (Lipinski definition) is 4. The van der Waals surface area contributed by atoms with Gasteiger partial charge in [-0.2, -0.15) is 0 Å². The lowest BCUT2D eigenvalue weighted by atomic mass is 10.1. The molecule has 0 saturated heterocycles. The molecule has 4 N–H and O–H groups in total. The number of nitrogens with two attached hydrogens (primary N) is 2. The SMILES string of the molecule is CC(c1ccccc1F)N(C)c1ccc(N)c(N)n1. The summed E-state index contributed by atoms with van der Waals surface area (Å²) in [5.41, 5.74) is 12.4. The molecular weight excluding hydrogens is 243 g/mol. The summed E-state index contributed by atoms with van der Waals surface area (Å²) < 4.78 is 13.8. The van der Waals surface area contributed by atoms with Crippen LogP contribution in [0.5, 0.6) is 0 Å². The van der Waals surface area contributed by atoms with E-state index >= 15 is 0 Å². The highest BCUT2D eigenvalue weighted by molar-refractivity contribution is 5.62. The molecular formula is C14H17FN4. The number of hydrogen-bond donors (Lipinski definition) is 2. The Labute approximate surface area is 111 Å². The fraction of sp³-hybridized carbons (Fsp3) is 0.214. The summed E-state index contributed by atoms with van der Waals surface area (Å²) in [5.74, 6) is 0.706. The van der Waals surface area contributed by atoms with Crippen molar-refractivity contribution in [2.45, 2.75) is 13.0 Å². The van der Waals surface area contributed by atoms with E-state index in [2.05, 4.69) is 4.98 Å². The van der Waals surface area contributed by atoms with Crippen molar-refractivity contribution in [3.8, 4) is 0 Å². The van der Waals surface area contributed by atoms with Crippen LogP contribution in [0.2, 0.25) is 0 Å². The lowest BCUT2D eigenvalue weighted by Gasteiger charge is -2.27. The van der Waals surface area contributed by atoms with Crippen molar-refractivity contribution >= 4 is 17.3 Å². The highest BCUT2D eigenvalue weighted by Crippen LogP contribution is 2.27. The molecule has 0 fully saturated rings. The van der Waals surface area contributed by atoms with Crippen molar-refractivity contribution in [2.24, 2.45) is 0 Å². The third-order valence-electron chi connectivity index (χ3n) is 3.24. The van der Waals surface area contributed by atoms with E-state index < -0.39 is 0 Å². The number of aromatic nitrogens is 1. The fourth-order valence-electron chi connectivity index (χ4n) is 1.89. The van der Waals surface area contributed by atoms with Gasteiger partial charge in [0.2, 0.25) is 0 Å². The van der Waals surface area contributed by atoms with Gasteiger partial charge in [-0.05, 0) is 25.1 Å². The molecule has 2 aromatic rings. The molecule has 0 aliphatic rings. The molecule has 5 heteroatoms. The zero-order valence-electron chi connectivity index (χ0n) is 11.0. The van der Waals surface area contributed by atoms with Crippen molar-refractivity contribution in [2.75, 3.05) is 23.4 Å². The minimum absolute atomic E-state index is 0.156. The lowest BCUT2D eigenvalue weighted by Crippen LogP contribution is -2.23. The largest absolute Gasteiger partial charge is 0.396 e. The van der Waals surface area contributed by atoms with Gasteiger partial charge in [0.25, 0.3) is 0 Å². The van der Waals surface area contributed by atoms with Crippen LogP contribution in [0.25, 0.3) is 0 Å². The Balaban J connectivity index is 2.31. The molecule has 1 aromatic heterocycles. The molecule has 0 amide bonds. The number of rotatable bonds is 3. The van der Waals surface area contributed by atoms with Crippen LogP contribution in [-0.2, 0) is 0 Å². The highest BCUT2D eigenvalue weighted by atomic mass is 19.1. The third-order valence-corrected chi connectivity index (χ3v) is 3.24. The summed E-state index contributed by atoms with van der Waals surface area (Å²) in [6.45, 7) is 1.91. The zero-order valence-corrected chi connectivity index (χ0v) is 11.0. The normalized spacial score (nSPS) is 12.2. The summed E-state index contributed by atoms with van der Waals surface area (Å²) in [6.07, 6.45) is 0. The first-order valence-corrected chi connectivity index (χ1v) is 6.00. The second-order valence-electron chi connectivity index (χ2n) is 4.45. The molecule has 1 heterocycles. The van der Waals surface area contributed by atoms with Crippen LogP contribution in [-0.4, -0.2) is 12.0 Å². The zero-order chi connectivity index (χ0) is 14.0. The molecule has 19 heavy (non-hydrogen) atoms. The Hall–Kier alpha value is -2.30. The maximum Gasteiger partial charge on any atom is 0.149 e. The molecule has 1 aromatic carbocycles. The van der Waals surface area contributed by atoms with Gasteiger partial charge < -0.3 is 16.4 Å². The van der Waals surface area contributed by atoms with E-state index in [9.17, 15) is 4.39 Å². The Morgan fingerprint density at radius 1 is 1.16 bits per heavy atom. The summed E-state index contributed by atoms with van der Waals surface area (Å²) in [5, 5.41) is 0. The van der Waals surface area contributed by atoms with Crippen LogP contribution in [0.4, 0.5) is 21.7 Å². The van der Waals surface area contributed by atoms with Crippen molar-refractivity contribution in [1.82, 2.24) is 4.98 Å². The maximum absolute atomic E-state index is 13.8. The van der Waals surface area contributed by atoms with Gasteiger partial charge in [0, 0.05) is 12.6 Å². The quantitative estimate of drug-likeness (QED) is 0.890. The number of halogens is 1. The number of nitrogens with zero attached hydrogens (tertiary/aromatic N) is 2. The predicted molar refractivity (Wildman–Crippen MR) is 76.3 cm³/mol. The first kappa shape index (κ1) is 13.1. The monoisotopic (exact) mass is 260 g/mol. The summed E-state index contributed by atoms with van der Waals surface area (Å²) in [4.78, 5) is 6.06. The number of benzene rings is 1. The van der Waals surface area contributed by atoms with Gasteiger partial charge >= 0.3 is 0 Å². The van der Waals surface area contributed by atoms with E-state index in [0.717, 1.165) is 0 Å². The first-order valence-electron chi connectivity index (χ1n) is 6.00. The Kier molecular flexibility index (Phi) is 3.55. The summed E-state index contributed by atoms with van der Waals surface area (Å²) in [7, 11) is 1.84. The van der Waals surface area contributed by atoms with Crippen LogP contribution >= 0.6 is 0 Å². The van der Waals surface area contributed by atoms with Gasteiger partial charge in [0.05, 0.1) is 11.7 Å². The van der Waals surface area contributed by atoms with Crippen molar-refractivity contribution in [3.05, 3.63) is 47.8 Å². The molecule has 0 radical (unpaired) electrons. The Bertz CT molecular complexity index is 585. The van der Waals surface area contributed by atoms with Crippen LogP contribution in [0.15, 0.2) is 36.4 Å². The van der Waals surface area contributed by atoms with Gasteiger partial charge in [0.1, 0.15) is 17.5 Å². The number of nitrogen functional groups attached to an aromatic ring is 2. The van der Waals surface area contributed by atoms with Crippen LogP contribution in [0.1, 0.15) is 18.5 Å². The van der Waals surface area contributed by atoms with Crippen LogP contribution in [0.3, 0.4) is 0 Å². The fourth-order valence-corrected chi connectivity index (χ4v) is 1.89.